The van der Waals surface area contributed by atoms with Gasteiger partial charge in [-0.3, -0.25) is 4.79 Å². The first-order chi connectivity index (χ1) is 9.16. The summed E-state index contributed by atoms with van der Waals surface area (Å²) in [6.45, 7) is 2.55. The van der Waals surface area contributed by atoms with Crippen LogP contribution >= 0.6 is 0 Å². The molecule has 0 bridgehead atoms. The van der Waals surface area contributed by atoms with Crippen molar-refractivity contribution in [3.63, 3.8) is 0 Å². The molecule has 0 spiro atoms. The van der Waals surface area contributed by atoms with Gasteiger partial charge in [-0.1, -0.05) is 11.6 Å². The summed E-state index contributed by atoms with van der Waals surface area (Å²) >= 11 is 0. The molecule has 2 rings (SSSR count). The van der Waals surface area contributed by atoms with E-state index in [1.165, 1.54) is 5.57 Å². The van der Waals surface area contributed by atoms with E-state index >= 15 is 0 Å². The van der Waals surface area contributed by atoms with Crippen LogP contribution in [0.1, 0.15) is 16.8 Å². The van der Waals surface area contributed by atoms with Crippen molar-refractivity contribution >= 4 is 11.6 Å². The molecule has 4 nitrogen and oxygen atoms in total. The minimum absolute atomic E-state index is 0.00950. The fourth-order valence-electron chi connectivity index (χ4n) is 2.04. The van der Waals surface area contributed by atoms with Crippen LogP contribution < -0.4 is 15.5 Å². The summed E-state index contributed by atoms with van der Waals surface area (Å²) in [4.78, 5) is 14.0. The van der Waals surface area contributed by atoms with Crippen molar-refractivity contribution in [3.8, 4) is 0 Å². The normalized spacial score (nSPS) is 14.7. The molecule has 0 radical (unpaired) electrons. The molecule has 0 fully saturated rings. The maximum Gasteiger partial charge on any atom is 0.251 e. The Kier molecular flexibility index (Phi) is 4.58. The molecule has 0 unspecified atom stereocenters. The number of hydrogen-bond acceptors (Lipinski definition) is 3. The highest BCUT2D eigenvalue weighted by molar-refractivity contribution is 5.94. The van der Waals surface area contributed by atoms with Gasteiger partial charge in [-0.25, -0.2) is 0 Å². The van der Waals surface area contributed by atoms with Crippen LogP contribution in [0.25, 0.3) is 0 Å². The second kappa shape index (κ2) is 6.38. The lowest BCUT2D eigenvalue weighted by atomic mass is 10.1. The highest BCUT2D eigenvalue weighted by Gasteiger charge is 2.08. The van der Waals surface area contributed by atoms with Gasteiger partial charge >= 0.3 is 0 Å². The number of amides is 1. The second-order valence-electron chi connectivity index (χ2n) is 4.94. The fourth-order valence-corrected chi connectivity index (χ4v) is 2.04. The molecule has 4 heteroatoms. The first-order valence-electron chi connectivity index (χ1n) is 6.61. The molecule has 0 aromatic heterocycles. The van der Waals surface area contributed by atoms with Gasteiger partial charge in [0, 0.05) is 38.4 Å². The van der Waals surface area contributed by atoms with E-state index in [-0.39, 0.29) is 5.91 Å². The Morgan fingerprint density at radius 3 is 2.63 bits per heavy atom. The molecular formula is C15H21N3O. The third-order valence-electron chi connectivity index (χ3n) is 3.28. The highest BCUT2D eigenvalue weighted by atomic mass is 16.1. The number of rotatable bonds is 4. The van der Waals surface area contributed by atoms with Crippen LogP contribution in [-0.2, 0) is 0 Å². The topological polar surface area (TPSA) is 44.4 Å². The zero-order valence-corrected chi connectivity index (χ0v) is 11.6. The average Bonchev–Trinajstić information content (AvgIpc) is 2.46. The van der Waals surface area contributed by atoms with E-state index in [1.54, 1.807) is 0 Å². The van der Waals surface area contributed by atoms with E-state index in [2.05, 4.69) is 16.7 Å². The highest BCUT2D eigenvalue weighted by Crippen LogP contribution is 2.12. The minimum atomic E-state index is -0.00950. The number of carbonyl (C=O) groups excluding carboxylic acids is 1. The lowest BCUT2D eigenvalue weighted by molar-refractivity contribution is 0.0956. The number of nitrogens with one attached hydrogen (secondary N) is 2. The van der Waals surface area contributed by atoms with Crippen molar-refractivity contribution in [1.29, 1.82) is 0 Å². The minimum Gasteiger partial charge on any atom is -0.378 e. The summed E-state index contributed by atoms with van der Waals surface area (Å²) in [5.41, 5.74) is 3.11. The fraction of sp³-hybridized carbons (Fsp3) is 0.400. The van der Waals surface area contributed by atoms with Gasteiger partial charge in [0.05, 0.1) is 0 Å². The zero-order valence-electron chi connectivity index (χ0n) is 11.6. The van der Waals surface area contributed by atoms with E-state index in [1.807, 2.05) is 43.3 Å². The third kappa shape index (κ3) is 3.83. The van der Waals surface area contributed by atoms with E-state index in [9.17, 15) is 4.79 Å². The predicted octanol–water partition coefficient (Wildman–Crippen LogP) is 1.40. The first-order valence-corrected chi connectivity index (χ1v) is 6.61. The molecule has 0 aliphatic carbocycles. The third-order valence-corrected chi connectivity index (χ3v) is 3.28. The number of carbonyl (C=O) groups is 1. The maximum atomic E-state index is 12.0. The molecule has 1 aromatic carbocycles. The Labute approximate surface area is 114 Å². The van der Waals surface area contributed by atoms with Crippen molar-refractivity contribution in [2.24, 2.45) is 0 Å². The van der Waals surface area contributed by atoms with E-state index < -0.39 is 0 Å². The summed E-state index contributed by atoms with van der Waals surface area (Å²) in [5.74, 6) is -0.00950. The maximum absolute atomic E-state index is 12.0. The quantitative estimate of drug-likeness (QED) is 0.803. The van der Waals surface area contributed by atoms with Crippen LogP contribution in [0.3, 0.4) is 0 Å². The summed E-state index contributed by atoms with van der Waals surface area (Å²) in [5, 5.41) is 6.23. The molecule has 0 atom stereocenters. The number of anilines is 1. The molecule has 1 aromatic rings. The summed E-state index contributed by atoms with van der Waals surface area (Å²) < 4.78 is 0. The van der Waals surface area contributed by atoms with Crippen LogP contribution in [0.4, 0.5) is 5.69 Å². The lowest BCUT2D eigenvalue weighted by Crippen LogP contribution is -2.29. The van der Waals surface area contributed by atoms with Gasteiger partial charge in [0.25, 0.3) is 5.91 Å². The molecule has 1 amide bonds. The Bertz CT molecular complexity index is 463. The molecule has 102 valence electrons. The molecule has 19 heavy (non-hydrogen) atoms. The standard InChI is InChI=1S/C15H21N3O/c1-18(2)14-5-3-13(4-6-14)15(19)17-11-12-7-9-16-10-8-12/h3-7,16H,8-11H2,1-2H3,(H,17,19). The molecular weight excluding hydrogens is 238 g/mol. The SMILES string of the molecule is CN(C)c1ccc(C(=O)NCC2=CCNCC2)cc1. The largest absolute Gasteiger partial charge is 0.378 e. The lowest BCUT2D eigenvalue weighted by Gasteiger charge is -2.15. The number of benzene rings is 1. The molecule has 2 N–H and O–H groups in total. The molecule has 1 aliphatic heterocycles. The summed E-state index contributed by atoms with van der Waals surface area (Å²) in [6.07, 6.45) is 3.17. The molecule has 0 saturated carbocycles. The Morgan fingerprint density at radius 2 is 2.05 bits per heavy atom. The summed E-state index contributed by atoms with van der Waals surface area (Å²) in [7, 11) is 3.97. The van der Waals surface area contributed by atoms with Gasteiger partial charge in [-0.2, -0.15) is 0 Å². The molecule has 1 aliphatic rings. The van der Waals surface area contributed by atoms with Crippen LogP contribution in [0.15, 0.2) is 35.9 Å². The van der Waals surface area contributed by atoms with Crippen molar-refractivity contribution in [2.75, 3.05) is 38.6 Å². The second-order valence-corrected chi connectivity index (χ2v) is 4.94. The van der Waals surface area contributed by atoms with Gasteiger partial charge in [0.15, 0.2) is 0 Å². The Balaban J connectivity index is 1.90. The van der Waals surface area contributed by atoms with Gasteiger partial charge in [-0.15, -0.1) is 0 Å². The first kappa shape index (κ1) is 13.6. The zero-order chi connectivity index (χ0) is 13.7. The summed E-state index contributed by atoms with van der Waals surface area (Å²) in [6, 6.07) is 7.64. The van der Waals surface area contributed by atoms with Gasteiger partial charge < -0.3 is 15.5 Å². The predicted molar refractivity (Wildman–Crippen MR) is 78.7 cm³/mol. The van der Waals surface area contributed by atoms with Crippen molar-refractivity contribution in [3.05, 3.63) is 41.5 Å². The van der Waals surface area contributed by atoms with E-state index in [0.29, 0.717) is 12.1 Å². The van der Waals surface area contributed by atoms with Gasteiger partial charge in [0.1, 0.15) is 0 Å². The molecule has 0 saturated heterocycles. The van der Waals surface area contributed by atoms with Crippen LogP contribution in [0.2, 0.25) is 0 Å². The van der Waals surface area contributed by atoms with Crippen LogP contribution in [0.5, 0.6) is 0 Å². The monoisotopic (exact) mass is 259 g/mol. The number of nitrogens with zero attached hydrogens (tertiary/aromatic N) is 1. The van der Waals surface area contributed by atoms with E-state index in [4.69, 9.17) is 0 Å². The van der Waals surface area contributed by atoms with Crippen LogP contribution in [0, 0.1) is 0 Å². The van der Waals surface area contributed by atoms with Crippen molar-refractivity contribution in [2.45, 2.75) is 6.42 Å². The van der Waals surface area contributed by atoms with Crippen molar-refractivity contribution < 1.29 is 4.79 Å². The average molecular weight is 259 g/mol. The van der Waals surface area contributed by atoms with E-state index in [0.717, 1.165) is 25.2 Å². The number of hydrogen-bond donors (Lipinski definition) is 2. The van der Waals surface area contributed by atoms with Crippen molar-refractivity contribution in [1.82, 2.24) is 10.6 Å². The smallest absolute Gasteiger partial charge is 0.251 e. The van der Waals surface area contributed by atoms with Crippen LogP contribution in [-0.4, -0.2) is 39.6 Å². The van der Waals surface area contributed by atoms with Gasteiger partial charge in [-0.05, 0) is 37.2 Å². The van der Waals surface area contributed by atoms with Gasteiger partial charge in [0.2, 0.25) is 0 Å². The Hall–Kier alpha value is -1.81. The Morgan fingerprint density at radius 1 is 1.32 bits per heavy atom. The molecule has 1 heterocycles.